The fourth-order valence-electron chi connectivity index (χ4n) is 2.08. The molecule has 0 atom stereocenters. The van der Waals surface area contributed by atoms with Gasteiger partial charge in [-0.1, -0.05) is 17.7 Å². The summed E-state index contributed by atoms with van der Waals surface area (Å²) in [6.45, 7) is 0.0897. The van der Waals surface area contributed by atoms with Crippen LogP contribution < -0.4 is 10.1 Å². The molecular weight excluding hydrogens is 286 g/mol. The summed E-state index contributed by atoms with van der Waals surface area (Å²) in [5.41, 5.74) is 1.27. The van der Waals surface area contributed by atoms with Crippen molar-refractivity contribution in [3.05, 3.63) is 40.8 Å². The van der Waals surface area contributed by atoms with Gasteiger partial charge in [-0.25, -0.2) is 9.78 Å². The van der Waals surface area contributed by atoms with E-state index in [0.29, 0.717) is 22.0 Å². The maximum absolute atomic E-state index is 12.0. The zero-order chi connectivity index (χ0) is 14.3. The van der Waals surface area contributed by atoms with E-state index in [4.69, 9.17) is 16.7 Å². The van der Waals surface area contributed by atoms with Gasteiger partial charge in [-0.05, 0) is 12.1 Å². The third-order valence-electron chi connectivity index (χ3n) is 2.91. The van der Waals surface area contributed by atoms with Crippen LogP contribution in [0.2, 0.25) is 5.02 Å². The maximum atomic E-state index is 12.0. The lowest BCUT2D eigenvalue weighted by molar-refractivity contribution is 0.0953. The van der Waals surface area contributed by atoms with Gasteiger partial charge in [-0.3, -0.25) is 9.36 Å². The van der Waals surface area contributed by atoms with Crippen LogP contribution in [0.25, 0.3) is 5.69 Å². The standard InChI is InChI=1S/C12H8ClN3O4/c13-6-2-1-3-7-9(6)10(17)14-4-8-11(20-12(18)19)15-5-16(7)8/h1-3,5H,4H2,(H,14,17)(H,18,19). The molecule has 2 aromatic rings. The highest BCUT2D eigenvalue weighted by atomic mass is 35.5. The number of aromatic nitrogens is 2. The predicted octanol–water partition coefficient (Wildman–Crippen LogP) is 1.83. The Hall–Kier alpha value is -2.54. The zero-order valence-corrected chi connectivity index (χ0v) is 10.7. The highest BCUT2D eigenvalue weighted by Gasteiger charge is 2.25. The first-order chi connectivity index (χ1) is 9.58. The number of benzene rings is 1. The summed E-state index contributed by atoms with van der Waals surface area (Å²) in [7, 11) is 0. The second kappa shape index (κ2) is 4.53. The minimum atomic E-state index is -1.46. The molecule has 0 aliphatic carbocycles. The van der Waals surface area contributed by atoms with Crippen LogP contribution in [0.3, 0.4) is 0 Å². The first-order valence-corrected chi connectivity index (χ1v) is 6.00. The average Bonchev–Trinajstić information content (AvgIpc) is 2.70. The van der Waals surface area contributed by atoms with Crippen molar-refractivity contribution >= 4 is 23.7 Å². The van der Waals surface area contributed by atoms with Crippen molar-refractivity contribution in [1.82, 2.24) is 14.9 Å². The zero-order valence-electron chi connectivity index (χ0n) is 9.96. The van der Waals surface area contributed by atoms with Crippen LogP contribution in [0.1, 0.15) is 16.1 Å². The average molecular weight is 294 g/mol. The molecule has 0 saturated carbocycles. The molecule has 0 radical (unpaired) electrons. The summed E-state index contributed by atoms with van der Waals surface area (Å²) < 4.78 is 6.17. The van der Waals surface area contributed by atoms with E-state index >= 15 is 0 Å². The number of fused-ring (bicyclic) bond motifs is 3. The van der Waals surface area contributed by atoms with E-state index in [1.807, 2.05) is 0 Å². The number of amides is 1. The van der Waals surface area contributed by atoms with Gasteiger partial charge in [0.05, 0.1) is 22.8 Å². The molecule has 1 aliphatic heterocycles. The van der Waals surface area contributed by atoms with Crippen LogP contribution >= 0.6 is 11.6 Å². The molecule has 1 aliphatic rings. The van der Waals surface area contributed by atoms with E-state index in [9.17, 15) is 9.59 Å². The fraction of sp³-hybridized carbons (Fsp3) is 0.0833. The van der Waals surface area contributed by atoms with Crippen LogP contribution in [-0.2, 0) is 6.54 Å². The van der Waals surface area contributed by atoms with E-state index in [2.05, 4.69) is 15.0 Å². The molecular formula is C12H8ClN3O4. The molecule has 1 aromatic carbocycles. The molecule has 7 nitrogen and oxygen atoms in total. The molecule has 1 amide bonds. The van der Waals surface area contributed by atoms with Gasteiger partial charge in [0, 0.05) is 0 Å². The van der Waals surface area contributed by atoms with Crippen molar-refractivity contribution < 1.29 is 19.4 Å². The number of halogens is 1. The van der Waals surface area contributed by atoms with Gasteiger partial charge < -0.3 is 15.2 Å². The minimum absolute atomic E-state index is 0.0642. The summed E-state index contributed by atoms with van der Waals surface area (Å²) in [6.07, 6.45) is -0.0725. The number of imidazole rings is 1. The van der Waals surface area contributed by atoms with Crippen molar-refractivity contribution in [1.29, 1.82) is 0 Å². The van der Waals surface area contributed by atoms with Crippen LogP contribution in [-0.4, -0.2) is 26.7 Å². The minimum Gasteiger partial charge on any atom is -0.449 e. The lowest BCUT2D eigenvalue weighted by atomic mass is 10.1. The van der Waals surface area contributed by atoms with Crippen molar-refractivity contribution in [3.8, 4) is 11.6 Å². The highest BCUT2D eigenvalue weighted by Crippen LogP contribution is 2.29. The third kappa shape index (κ3) is 1.88. The molecule has 0 bridgehead atoms. The van der Waals surface area contributed by atoms with Gasteiger partial charge >= 0.3 is 6.16 Å². The Kier molecular flexibility index (Phi) is 2.83. The van der Waals surface area contributed by atoms with E-state index < -0.39 is 6.16 Å². The Balaban J connectivity index is 2.20. The molecule has 0 spiro atoms. The molecule has 0 unspecified atom stereocenters. The number of ether oxygens (including phenoxy) is 1. The number of hydrogen-bond donors (Lipinski definition) is 2. The highest BCUT2D eigenvalue weighted by molar-refractivity contribution is 6.34. The summed E-state index contributed by atoms with van der Waals surface area (Å²) in [5, 5.41) is 11.6. The molecule has 20 heavy (non-hydrogen) atoms. The lowest BCUT2D eigenvalue weighted by Gasteiger charge is -2.08. The molecule has 3 rings (SSSR count). The molecule has 8 heteroatoms. The fourth-order valence-corrected chi connectivity index (χ4v) is 2.34. The second-order valence-electron chi connectivity index (χ2n) is 4.05. The Morgan fingerprint density at radius 2 is 2.30 bits per heavy atom. The Labute approximate surface area is 117 Å². The van der Waals surface area contributed by atoms with Gasteiger partial charge in [-0.15, -0.1) is 0 Å². The first-order valence-electron chi connectivity index (χ1n) is 5.62. The Morgan fingerprint density at radius 3 is 3.05 bits per heavy atom. The molecule has 102 valence electrons. The van der Waals surface area contributed by atoms with Gasteiger partial charge in [0.15, 0.2) is 0 Å². The van der Waals surface area contributed by atoms with Gasteiger partial charge in [0.2, 0.25) is 5.88 Å². The monoisotopic (exact) mass is 293 g/mol. The summed E-state index contributed by atoms with van der Waals surface area (Å²) in [5.74, 6) is -0.402. The molecule has 2 N–H and O–H groups in total. The van der Waals surface area contributed by atoms with Crippen molar-refractivity contribution in [3.63, 3.8) is 0 Å². The van der Waals surface area contributed by atoms with E-state index in [1.165, 1.54) is 6.33 Å². The van der Waals surface area contributed by atoms with Gasteiger partial charge in [-0.2, -0.15) is 0 Å². The van der Waals surface area contributed by atoms with Gasteiger partial charge in [0.1, 0.15) is 12.0 Å². The van der Waals surface area contributed by atoms with Gasteiger partial charge in [0.25, 0.3) is 5.91 Å². The van der Waals surface area contributed by atoms with E-state index in [1.54, 1.807) is 22.8 Å². The predicted molar refractivity (Wildman–Crippen MR) is 68.4 cm³/mol. The summed E-state index contributed by atoms with van der Waals surface area (Å²) >= 11 is 6.05. The van der Waals surface area contributed by atoms with Crippen LogP contribution in [0.5, 0.6) is 5.88 Å². The van der Waals surface area contributed by atoms with Crippen LogP contribution in [0.4, 0.5) is 4.79 Å². The summed E-state index contributed by atoms with van der Waals surface area (Å²) in [6, 6.07) is 5.00. The maximum Gasteiger partial charge on any atom is 0.512 e. The molecule has 0 fully saturated rings. The smallest absolute Gasteiger partial charge is 0.449 e. The van der Waals surface area contributed by atoms with Crippen LogP contribution in [0.15, 0.2) is 24.5 Å². The largest absolute Gasteiger partial charge is 0.512 e. The van der Waals surface area contributed by atoms with Crippen molar-refractivity contribution in [2.45, 2.75) is 6.54 Å². The molecule has 1 aromatic heterocycles. The number of hydrogen-bond acceptors (Lipinski definition) is 4. The number of carbonyl (C=O) groups excluding carboxylic acids is 1. The normalized spacial score (nSPS) is 12.9. The summed E-state index contributed by atoms with van der Waals surface area (Å²) in [4.78, 5) is 26.6. The second-order valence-corrected chi connectivity index (χ2v) is 4.46. The molecule has 0 saturated heterocycles. The topological polar surface area (TPSA) is 93.4 Å². The van der Waals surface area contributed by atoms with Crippen molar-refractivity contribution in [2.24, 2.45) is 0 Å². The van der Waals surface area contributed by atoms with Crippen molar-refractivity contribution in [2.75, 3.05) is 0 Å². The van der Waals surface area contributed by atoms with E-state index in [0.717, 1.165) is 0 Å². The van der Waals surface area contributed by atoms with Crippen LogP contribution in [0, 0.1) is 0 Å². The number of carboxylic acid groups (broad SMARTS) is 1. The quantitative estimate of drug-likeness (QED) is 0.782. The first kappa shape index (κ1) is 12.5. The third-order valence-corrected chi connectivity index (χ3v) is 3.22. The van der Waals surface area contributed by atoms with E-state index in [-0.39, 0.29) is 18.3 Å². The Morgan fingerprint density at radius 1 is 1.50 bits per heavy atom. The molecule has 2 heterocycles. The number of nitrogens with one attached hydrogen (secondary N) is 1. The Bertz CT molecular complexity index is 725. The number of nitrogens with zero attached hydrogens (tertiary/aromatic N) is 2. The lowest BCUT2D eigenvalue weighted by Crippen LogP contribution is -2.22. The SMILES string of the molecule is O=C(O)Oc1ncn2c1CNC(=O)c1c(Cl)cccc1-2. The number of carbonyl (C=O) groups is 2. The number of rotatable bonds is 1.